The number of allylic oxidation sites excluding steroid dienone is 2. The third-order valence-corrected chi connectivity index (χ3v) is 4.57. The zero-order valence-electron chi connectivity index (χ0n) is 16.8. The van der Waals surface area contributed by atoms with Crippen LogP contribution in [0.1, 0.15) is 29.8 Å². The van der Waals surface area contributed by atoms with Gasteiger partial charge in [0.15, 0.2) is 6.10 Å². The summed E-state index contributed by atoms with van der Waals surface area (Å²) in [7, 11) is 3.03. The normalized spacial score (nSPS) is 21.9. The number of esters is 2. The lowest BCUT2D eigenvalue weighted by Gasteiger charge is -2.44. The van der Waals surface area contributed by atoms with E-state index in [0.717, 1.165) is 0 Å². The van der Waals surface area contributed by atoms with E-state index >= 15 is 0 Å². The van der Waals surface area contributed by atoms with E-state index in [2.05, 4.69) is 0 Å². The van der Waals surface area contributed by atoms with Crippen molar-refractivity contribution < 1.29 is 33.4 Å². The molecule has 3 rings (SSSR count). The van der Waals surface area contributed by atoms with Crippen LogP contribution in [0.5, 0.6) is 11.5 Å². The van der Waals surface area contributed by atoms with E-state index in [0.29, 0.717) is 5.56 Å². The van der Waals surface area contributed by atoms with E-state index in [1.807, 2.05) is 0 Å². The Hall–Kier alpha value is -3.42. The average Bonchev–Trinajstić information content (AvgIpc) is 2.60. The second-order valence-corrected chi connectivity index (χ2v) is 7.09. The Morgan fingerprint density at radius 3 is 2.41 bits per heavy atom. The number of ketones is 1. The fourth-order valence-electron chi connectivity index (χ4n) is 3.51. The van der Waals surface area contributed by atoms with E-state index in [-0.39, 0.29) is 22.6 Å². The Kier molecular flexibility index (Phi) is 5.04. The van der Waals surface area contributed by atoms with Crippen molar-refractivity contribution in [2.75, 3.05) is 14.1 Å². The van der Waals surface area contributed by atoms with Crippen LogP contribution < -0.4 is 9.47 Å². The lowest BCUT2D eigenvalue weighted by Crippen LogP contribution is -2.63. The molecule has 0 radical (unpaired) electrons. The summed E-state index contributed by atoms with van der Waals surface area (Å²) in [6.07, 6.45) is 3.32. The van der Waals surface area contributed by atoms with E-state index in [9.17, 15) is 19.2 Å². The molecule has 152 valence electrons. The second kappa shape index (κ2) is 7.20. The maximum atomic E-state index is 13.4. The molecule has 1 aromatic rings. The zero-order valence-corrected chi connectivity index (χ0v) is 16.8. The number of carbonyl (C=O) groups is 4. The molecule has 2 aliphatic rings. The summed E-state index contributed by atoms with van der Waals surface area (Å²) in [6, 6.07) is 3.12. The van der Waals surface area contributed by atoms with Crippen molar-refractivity contribution in [1.82, 2.24) is 4.90 Å². The van der Waals surface area contributed by atoms with Gasteiger partial charge in [0.25, 0.3) is 11.5 Å². The Morgan fingerprint density at radius 2 is 1.83 bits per heavy atom. The standard InChI is InChI=1S/C21H21NO7/c1-11-9-15(27-12(2)23)18-16(10-11)29-21(20(26)22(4)5)14(19(18)25)7-6-8-17(21)28-13(3)24/h6-10,17H,1-5H3/t17-,21+/m1/s1. The minimum absolute atomic E-state index is 0.00490. The van der Waals surface area contributed by atoms with E-state index in [4.69, 9.17) is 14.2 Å². The molecule has 0 fully saturated rings. The smallest absolute Gasteiger partial charge is 0.308 e. The quantitative estimate of drug-likeness (QED) is 0.564. The van der Waals surface area contributed by atoms with Gasteiger partial charge in [-0.15, -0.1) is 0 Å². The molecule has 0 saturated carbocycles. The third-order valence-electron chi connectivity index (χ3n) is 4.57. The number of ether oxygens (including phenoxy) is 3. The van der Waals surface area contributed by atoms with Crippen LogP contribution in [0.3, 0.4) is 0 Å². The SMILES string of the molecule is CC(=O)Oc1cc(C)cc2c1C(=O)C1=CC=C[C@@H](OC(C)=O)[C@@]1(C(=O)N(C)C)O2. The van der Waals surface area contributed by atoms with Crippen molar-refractivity contribution >= 4 is 23.6 Å². The van der Waals surface area contributed by atoms with Crippen LogP contribution in [0.25, 0.3) is 0 Å². The molecule has 0 saturated heterocycles. The number of fused-ring (bicyclic) bond motifs is 2. The Bertz CT molecular complexity index is 989. The van der Waals surface area contributed by atoms with Crippen LogP contribution in [0, 0.1) is 6.92 Å². The largest absolute Gasteiger partial charge is 0.467 e. The number of rotatable bonds is 3. The first-order chi connectivity index (χ1) is 13.6. The number of nitrogens with zero attached hydrogens (tertiary/aromatic N) is 1. The van der Waals surface area contributed by atoms with Gasteiger partial charge in [-0.3, -0.25) is 19.2 Å². The van der Waals surface area contributed by atoms with Crippen molar-refractivity contribution in [1.29, 1.82) is 0 Å². The topological polar surface area (TPSA) is 99.2 Å². The first-order valence-electron chi connectivity index (χ1n) is 8.92. The Morgan fingerprint density at radius 1 is 1.14 bits per heavy atom. The second-order valence-electron chi connectivity index (χ2n) is 7.09. The van der Waals surface area contributed by atoms with Crippen LogP contribution in [0.4, 0.5) is 0 Å². The van der Waals surface area contributed by atoms with Crippen molar-refractivity contribution in [3.8, 4) is 11.5 Å². The molecule has 0 spiro atoms. The lowest BCUT2D eigenvalue weighted by molar-refractivity contribution is -0.162. The van der Waals surface area contributed by atoms with Gasteiger partial charge in [-0.2, -0.15) is 0 Å². The minimum atomic E-state index is -1.88. The van der Waals surface area contributed by atoms with E-state index in [1.54, 1.807) is 19.1 Å². The molecule has 1 aromatic carbocycles. The molecule has 0 N–H and O–H groups in total. The molecule has 0 aromatic heterocycles. The van der Waals surface area contributed by atoms with Gasteiger partial charge >= 0.3 is 11.9 Å². The minimum Gasteiger partial charge on any atom is -0.467 e. The first-order valence-corrected chi connectivity index (χ1v) is 8.92. The maximum Gasteiger partial charge on any atom is 0.308 e. The first kappa shape index (κ1) is 20.3. The molecule has 1 aliphatic heterocycles. The van der Waals surface area contributed by atoms with Crippen LogP contribution >= 0.6 is 0 Å². The van der Waals surface area contributed by atoms with Gasteiger partial charge < -0.3 is 19.1 Å². The Labute approximate surface area is 167 Å². The summed E-state index contributed by atoms with van der Waals surface area (Å²) in [6.45, 7) is 4.17. The molecule has 8 nitrogen and oxygen atoms in total. The van der Waals surface area contributed by atoms with Gasteiger partial charge in [-0.05, 0) is 30.7 Å². The summed E-state index contributed by atoms with van der Waals surface area (Å²) in [5.74, 6) is -2.21. The highest BCUT2D eigenvalue weighted by Gasteiger charge is 2.59. The summed E-state index contributed by atoms with van der Waals surface area (Å²) in [5.41, 5.74) is -1.19. The number of benzene rings is 1. The van der Waals surface area contributed by atoms with Crippen molar-refractivity contribution in [3.63, 3.8) is 0 Å². The monoisotopic (exact) mass is 399 g/mol. The number of Topliss-reactive ketones (excluding diaryl/α,β-unsaturated/α-hetero) is 1. The molecule has 2 atom stereocenters. The summed E-state index contributed by atoms with van der Waals surface area (Å²) in [4.78, 5) is 51.2. The van der Waals surface area contributed by atoms with Gasteiger partial charge in [0.05, 0.1) is 5.57 Å². The van der Waals surface area contributed by atoms with Crippen LogP contribution in [-0.4, -0.2) is 54.3 Å². The molecule has 1 heterocycles. The molecule has 8 heteroatoms. The average molecular weight is 399 g/mol. The number of hydrogen-bond acceptors (Lipinski definition) is 7. The molecular formula is C21H21NO7. The van der Waals surface area contributed by atoms with E-state index < -0.39 is 35.3 Å². The maximum absolute atomic E-state index is 13.4. The highest BCUT2D eigenvalue weighted by atomic mass is 16.6. The number of likely N-dealkylation sites (N-methyl/N-ethyl adjacent to an activating group) is 1. The third kappa shape index (κ3) is 3.30. The summed E-state index contributed by atoms with van der Waals surface area (Å²) >= 11 is 0. The number of carbonyl (C=O) groups excluding carboxylic acids is 4. The lowest BCUT2D eigenvalue weighted by atomic mass is 9.76. The van der Waals surface area contributed by atoms with E-state index in [1.165, 1.54) is 51.1 Å². The summed E-state index contributed by atoms with van der Waals surface area (Å²) < 4.78 is 16.7. The molecule has 0 unspecified atom stereocenters. The van der Waals surface area contributed by atoms with Crippen LogP contribution in [-0.2, 0) is 19.1 Å². The zero-order chi connectivity index (χ0) is 21.5. The highest BCUT2D eigenvalue weighted by molar-refractivity contribution is 6.19. The summed E-state index contributed by atoms with van der Waals surface area (Å²) in [5, 5.41) is 0. The number of amides is 1. The fourth-order valence-corrected chi connectivity index (χ4v) is 3.51. The predicted octanol–water partition coefficient (Wildman–Crippen LogP) is 1.75. The molecule has 1 aliphatic carbocycles. The Balaban J connectivity index is 2.28. The molecule has 29 heavy (non-hydrogen) atoms. The van der Waals surface area contributed by atoms with Gasteiger partial charge in [-0.25, -0.2) is 0 Å². The highest BCUT2D eigenvalue weighted by Crippen LogP contribution is 2.46. The molecule has 1 amide bonds. The molecular weight excluding hydrogens is 378 g/mol. The van der Waals surface area contributed by atoms with Gasteiger partial charge in [0.1, 0.15) is 17.1 Å². The van der Waals surface area contributed by atoms with Gasteiger partial charge in [0.2, 0.25) is 5.78 Å². The predicted molar refractivity (Wildman–Crippen MR) is 102 cm³/mol. The van der Waals surface area contributed by atoms with Crippen molar-refractivity contribution in [3.05, 3.63) is 47.1 Å². The fraction of sp³-hybridized carbons (Fsp3) is 0.333. The number of aryl methyl sites for hydroxylation is 1. The van der Waals surface area contributed by atoms with Gasteiger partial charge in [-0.1, -0.05) is 12.2 Å². The van der Waals surface area contributed by atoms with Crippen LogP contribution in [0.15, 0.2) is 35.9 Å². The van der Waals surface area contributed by atoms with Crippen molar-refractivity contribution in [2.24, 2.45) is 0 Å². The molecule has 0 bridgehead atoms. The van der Waals surface area contributed by atoms with Crippen LogP contribution in [0.2, 0.25) is 0 Å². The van der Waals surface area contributed by atoms with Crippen molar-refractivity contribution in [2.45, 2.75) is 32.5 Å². The number of hydrogen-bond donors (Lipinski definition) is 0. The van der Waals surface area contributed by atoms with Gasteiger partial charge in [0, 0.05) is 27.9 Å².